The van der Waals surface area contributed by atoms with Crippen LogP contribution >= 0.6 is 0 Å². The van der Waals surface area contributed by atoms with Crippen LogP contribution in [0, 0.1) is 6.92 Å². The topological polar surface area (TPSA) is 79.8 Å². The van der Waals surface area contributed by atoms with E-state index in [1.807, 2.05) is 31.2 Å². The van der Waals surface area contributed by atoms with Gasteiger partial charge in [-0.05, 0) is 43.2 Å². The number of anilines is 3. The first-order valence-corrected chi connectivity index (χ1v) is 8.05. The number of benzene rings is 1. The van der Waals surface area contributed by atoms with Crippen LogP contribution in [0.2, 0.25) is 0 Å². The number of hydrogen-bond donors (Lipinski definition) is 2. The molecule has 0 radical (unpaired) electrons. The van der Waals surface area contributed by atoms with Gasteiger partial charge in [-0.2, -0.15) is 0 Å². The quantitative estimate of drug-likeness (QED) is 0.743. The number of carbonyl (C=O) groups excluding carboxylic acids is 1. The number of carbonyl (C=O) groups is 1. The number of pyridine rings is 1. The van der Waals surface area contributed by atoms with Gasteiger partial charge in [-0.1, -0.05) is 13.0 Å². The first kappa shape index (κ1) is 16.6. The van der Waals surface area contributed by atoms with Crippen LogP contribution in [-0.2, 0) is 6.42 Å². The first-order valence-electron chi connectivity index (χ1n) is 8.05. The second-order valence-electron chi connectivity index (χ2n) is 5.59. The molecule has 0 unspecified atom stereocenters. The molecule has 0 bridgehead atoms. The zero-order valence-corrected chi connectivity index (χ0v) is 14.2. The Morgan fingerprint density at radius 2 is 1.88 bits per heavy atom. The number of nitrogens with zero attached hydrogens (tertiary/aromatic N) is 3. The maximum absolute atomic E-state index is 12.4. The summed E-state index contributed by atoms with van der Waals surface area (Å²) in [6, 6.07) is 11.1. The van der Waals surface area contributed by atoms with E-state index in [4.69, 9.17) is 0 Å². The van der Waals surface area contributed by atoms with E-state index in [1.165, 1.54) is 6.33 Å². The van der Waals surface area contributed by atoms with Gasteiger partial charge in [0.05, 0.1) is 0 Å². The zero-order chi connectivity index (χ0) is 17.6. The summed E-state index contributed by atoms with van der Waals surface area (Å²) in [7, 11) is 0. The van der Waals surface area contributed by atoms with Crippen LogP contribution in [0.1, 0.15) is 28.5 Å². The molecule has 0 aliphatic rings. The van der Waals surface area contributed by atoms with Gasteiger partial charge >= 0.3 is 0 Å². The van der Waals surface area contributed by atoms with Crippen LogP contribution in [-0.4, -0.2) is 20.9 Å². The summed E-state index contributed by atoms with van der Waals surface area (Å²) in [4.78, 5) is 24.6. The van der Waals surface area contributed by atoms with E-state index in [1.54, 1.807) is 24.5 Å². The standard InChI is InChI=1S/C19H19N5O/c1-3-14-4-5-16(23-18-10-13(2)21-12-22-18)11-17(14)24-19(25)15-6-8-20-9-7-15/h4-12H,3H2,1-2H3,(H,24,25)(H,21,22,23). The molecule has 126 valence electrons. The van der Waals surface area contributed by atoms with E-state index in [0.29, 0.717) is 11.4 Å². The number of hydrogen-bond acceptors (Lipinski definition) is 5. The Kier molecular flexibility index (Phi) is 4.99. The number of rotatable bonds is 5. The third-order valence-corrected chi connectivity index (χ3v) is 3.76. The third kappa shape index (κ3) is 4.17. The number of aryl methyl sites for hydroxylation is 2. The lowest BCUT2D eigenvalue weighted by atomic mass is 10.1. The van der Waals surface area contributed by atoms with Gasteiger partial charge in [0.1, 0.15) is 12.1 Å². The molecular weight excluding hydrogens is 314 g/mol. The fourth-order valence-corrected chi connectivity index (χ4v) is 2.45. The van der Waals surface area contributed by atoms with Gasteiger partial charge in [-0.25, -0.2) is 9.97 Å². The highest BCUT2D eigenvalue weighted by Crippen LogP contribution is 2.24. The average molecular weight is 333 g/mol. The Bertz CT molecular complexity index is 880. The molecule has 6 nitrogen and oxygen atoms in total. The second kappa shape index (κ2) is 7.53. The van der Waals surface area contributed by atoms with Gasteiger partial charge in [-0.3, -0.25) is 9.78 Å². The Balaban J connectivity index is 1.84. The van der Waals surface area contributed by atoms with Crippen LogP contribution in [0.5, 0.6) is 0 Å². The molecule has 0 saturated heterocycles. The maximum atomic E-state index is 12.4. The number of nitrogens with one attached hydrogen (secondary N) is 2. The van der Waals surface area contributed by atoms with Crippen molar-refractivity contribution < 1.29 is 4.79 Å². The highest BCUT2D eigenvalue weighted by Gasteiger charge is 2.09. The molecule has 2 aromatic heterocycles. The van der Waals surface area contributed by atoms with Crippen molar-refractivity contribution in [2.75, 3.05) is 10.6 Å². The van der Waals surface area contributed by atoms with Crippen molar-refractivity contribution in [1.29, 1.82) is 0 Å². The van der Waals surface area contributed by atoms with Crippen molar-refractivity contribution in [3.05, 3.63) is 71.9 Å². The largest absolute Gasteiger partial charge is 0.340 e. The van der Waals surface area contributed by atoms with Crippen LogP contribution in [0.25, 0.3) is 0 Å². The predicted molar refractivity (Wildman–Crippen MR) is 98.1 cm³/mol. The monoisotopic (exact) mass is 333 g/mol. The van der Waals surface area contributed by atoms with Crippen molar-refractivity contribution in [3.8, 4) is 0 Å². The smallest absolute Gasteiger partial charge is 0.255 e. The molecule has 0 aliphatic carbocycles. The molecule has 3 rings (SSSR count). The minimum Gasteiger partial charge on any atom is -0.340 e. The minimum absolute atomic E-state index is 0.160. The van der Waals surface area contributed by atoms with Crippen LogP contribution in [0.4, 0.5) is 17.2 Å². The summed E-state index contributed by atoms with van der Waals surface area (Å²) in [5, 5.41) is 6.21. The van der Waals surface area contributed by atoms with Gasteiger partial charge in [0.2, 0.25) is 0 Å². The lowest BCUT2D eigenvalue weighted by Gasteiger charge is -2.13. The molecule has 3 aromatic rings. The Morgan fingerprint density at radius 1 is 1.08 bits per heavy atom. The highest BCUT2D eigenvalue weighted by atomic mass is 16.1. The third-order valence-electron chi connectivity index (χ3n) is 3.76. The van der Waals surface area contributed by atoms with E-state index in [0.717, 1.165) is 29.1 Å². The van der Waals surface area contributed by atoms with E-state index in [-0.39, 0.29) is 5.91 Å². The van der Waals surface area contributed by atoms with Gasteiger partial charge in [0.15, 0.2) is 0 Å². The lowest BCUT2D eigenvalue weighted by molar-refractivity contribution is 0.102. The maximum Gasteiger partial charge on any atom is 0.255 e. The summed E-state index contributed by atoms with van der Waals surface area (Å²) < 4.78 is 0. The SMILES string of the molecule is CCc1ccc(Nc2cc(C)ncn2)cc1NC(=O)c1ccncc1. The highest BCUT2D eigenvalue weighted by molar-refractivity contribution is 6.04. The number of aromatic nitrogens is 3. The fraction of sp³-hybridized carbons (Fsp3) is 0.158. The molecule has 1 aromatic carbocycles. The van der Waals surface area contributed by atoms with Gasteiger partial charge in [0, 0.05) is 41.1 Å². The van der Waals surface area contributed by atoms with Crippen molar-refractivity contribution in [3.63, 3.8) is 0 Å². The molecule has 0 atom stereocenters. The first-order chi connectivity index (χ1) is 12.2. The van der Waals surface area contributed by atoms with Gasteiger partial charge in [-0.15, -0.1) is 0 Å². The van der Waals surface area contributed by atoms with E-state index < -0.39 is 0 Å². The van der Waals surface area contributed by atoms with Crippen molar-refractivity contribution in [2.45, 2.75) is 20.3 Å². The van der Waals surface area contributed by atoms with Gasteiger partial charge < -0.3 is 10.6 Å². The summed E-state index contributed by atoms with van der Waals surface area (Å²) in [5.74, 6) is 0.551. The molecule has 2 heterocycles. The van der Waals surface area contributed by atoms with Crippen molar-refractivity contribution in [2.24, 2.45) is 0 Å². The Labute approximate surface area is 146 Å². The van der Waals surface area contributed by atoms with Gasteiger partial charge in [0.25, 0.3) is 5.91 Å². The van der Waals surface area contributed by atoms with Crippen LogP contribution < -0.4 is 10.6 Å². The molecule has 0 aliphatic heterocycles. The Morgan fingerprint density at radius 3 is 2.60 bits per heavy atom. The van der Waals surface area contributed by atoms with E-state index in [2.05, 4.69) is 32.5 Å². The molecule has 25 heavy (non-hydrogen) atoms. The fourth-order valence-electron chi connectivity index (χ4n) is 2.45. The predicted octanol–water partition coefficient (Wildman–Crippen LogP) is 3.74. The number of amides is 1. The molecule has 6 heteroatoms. The summed E-state index contributed by atoms with van der Waals surface area (Å²) >= 11 is 0. The van der Waals surface area contributed by atoms with Crippen molar-refractivity contribution >= 4 is 23.1 Å². The van der Waals surface area contributed by atoms with Crippen molar-refractivity contribution in [1.82, 2.24) is 15.0 Å². The summed E-state index contributed by atoms with van der Waals surface area (Å²) in [6.07, 6.45) is 5.54. The van der Waals surface area contributed by atoms with E-state index in [9.17, 15) is 4.79 Å². The molecule has 2 N–H and O–H groups in total. The Hall–Kier alpha value is -3.28. The average Bonchev–Trinajstić information content (AvgIpc) is 2.63. The molecule has 0 spiro atoms. The van der Waals surface area contributed by atoms with E-state index >= 15 is 0 Å². The zero-order valence-electron chi connectivity index (χ0n) is 14.2. The van der Waals surface area contributed by atoms with Crippen LogP contribution in [0.15, 0.2) is 55.1 Å². The normalized spacial score (nSPS) is 10.3. The molecular formula is C19H19N5O. The molecule has 1 amide bonds. The second-order valence-corrected chi connectivity index (χ2v) is 5.59. The molecule has 0 saturated carbocycles. The lowest BCUT2D eigenvalue weighted by Crippen LogP contribution is -2.13. The summed E-state index contributed by atoms with van der Waals surface area (Å²) in [6.45, 7) is 3.96. The minimum atomic E-state index is -0.160. The summed E-state index contributed by atoms with van der Waals surface area (Å²) in [5.41, 5.74) is 4.14. The molecule has 0 fully saturated rings. The van der Waals surface area contributed by atoms with Crippen LogP contribution in [0.3, 0.4) is 0 Å².